The van der Waals surface area contributed by atoms with Crippen LogP contribution in [0.4, 0.5) is 13.2 Å². The predicted octanol–water partition coefficient (Wildman–Crippen LogP) is 3.69. The molecule has 0 bridgehead atoms. The van der Waals surface area contributed by atoms with Crippen LogP contribution in [-0.2, 0) is 17.4 Å². The number of hydrogen-bond acceptors (Lipinski definition) is 4. The molecule has 1 saturated heterocycles. The van der Waals surface area contributed by atoms with Gasteiger partial charge in [0, 0.05) is 49.9 Å². The van der Waals surface area contributed by atoms with Crippen LogP contribution in [0.3, 0.4) is 0 Å². The highest BCUT2D eigenvalue weighted by atomic mass is 32.1. The number of rotatable bonds is 8. The summed E-state index contributed by atoms with van der Waals surface area (Å²) in [5.74, 6) is 1.01. The lowest BCUT2D eigenvalue weighted by molar-refractivity contribution is -0.140. The molecule has 1 aromatic rings. The summed E-state index contributed by atoms with van der Waals surface area (Å²) in [6.45, 7) is 8.56. The Hall–Kier alpha value is -1.84. The Morgan fingerprint density at radius 2 is 1.97 bits per heavy atom. The number of likely N-dealkylation sites (tertiary alicyclic amines) is 1. The van der Waals surface area contributed by atoms with Crippen LogP contribution in [0.1, 0.15) is 57.2 Å². The molecular weight excluding hydrogens is 415 g/mol. The fourth-order valence-electron chi connectivity index (χ4n) is 3.47. The molecule has 10 heteroatoms. The molecule has 2 N–H and O–H groups in total. The summed E-state index contributed by atoms with van der Waals surface area (Å²) in [5, 5.41) is 8.04. The van der Waals surface area contributed by atoms with E-state index >= 15 is 0 Å². The normalized spacial score (nSPS) is 16.2. The molecule has 1 aliphatic heterocycles. The van der Waals surface area contributed by atoms with E-state index < -0.39 is 11.9 Å². The van der Waals surface area contributed by atoms with Gasteiger partial charge in [-0.25, -0.2) is 4.98 Å². The van der Waals surface area contributed by atoms with Gasteiger partial charge in [0.15, 0.2) is 11.7 Å². The molecule has 0 radical (unpaired) electrons. The molecule has 1 aliphatic rings. The van der Waals surface area contributed by atoms with Crippen LogP contribution in [0.25, 0.3) is 0 Å². The molecular formula is C20H32F3N5OS. The number of halogens is 3. The molecule has 1 aromatic heterocycles. The van der Waals surface area contributed by atoms with E-state index in [0.717, 1.165) is 55.5 Å². The molecule has 1 fully saturated rings. The monoisotopic (exact) mass is 447 g/mol. The Morgan fingerprint density at radius 3 is 2.50 bits per heavy atom. The Bertz CT molecular complexity index is 695. The van der Waals surface area contributed by atoms with Crippen molar-refractivity contribution in [2.75, 3.05) is 26.2 Å². The number of thiazole rings is 1. The summed E-state index contributed by atoms with van der Waals surface area (Å²) in [5.41, 5.74) is -0.841. The second-order valence-corrected chi connectivity index (χ2v) is 8.33. The van der Waals surface area contributed by atoms with Crippen molar-refractivity contribution in [1.29, 1.82) is 0 Å². The Kier molecular flexibility index (Phi) is 9.38. The second kappa shape index (κ2) is 11.5. The lowest BCUT2D eigenvalue weighted by atomic mass is 9.98. The number of piperidine rings is 1. The van der Waals surface area contributed by atoms with E-state index in [1.54, 1.807) is 0 Å². The average Bonchev–Trinajstić information content (AvgIpc) is 3.19. The maximum atomic E-state index is 12.6. The summed E-state index contributed by atoms with van der Waals surface area (Å²) in [4.78, 5) is 22.6. The first-order valence-electron chi connectivity index (χ1n) is 10.6. The maximum Gasteiger partial charge on any atom is 0.434 e. The highest BCUT2D eigenvalue weighted by molar-refractivity contribution is 7.09. The molecule has 0 aromatic carbocycles. The highest BCUT2D eigenvalue weighted by Crippen LogP contribution is 2.30. The number of aliphatic imine (C=N–C) groups is 1. The molecule has 0 aliphatic carbocycles. The molecule has 0 spiro atoms. The Balaban J connectivity index is 1.84. The zero-order valence-corrected chi connectivity index (χ0v) is 18.7. The Labute approximate surface area is 180 Å². The summed E-state index contributed by atoms with van der Waals surface area (Å²) in [6, 6.07) is 0.213. The first kappa shape index (κ1) is 24.4. The van der Waals surface area contributed by atoms with E-state index in [0.29, 0.717) is 30.5 Å². The predicted molar refractivity (Wildman–Crippen MR) is 114 cm³/mol. The third-order valence-corrected chi connectivity index (χ3v) is 6.17. The molecule has 6 nitrogen and oxygen atoms in total. The van der Waals surface area contributed by atoms with Crippen molar-refractivity contribution in [1.82, 2.24) is 20.5 Å². The molecule has 0 atom stereocenters. The van der Waals surface area contributed by atoms with Crippen LogP contribution in [0.15, 0.2) is 10.4 Å². The van der Waals surface area contributed by atoms with Crippen molar-refractivity contribution in [2.24, 2.45) is 10.9 Å². The first-order valence-corrected chi connectivity index (χ1v) is 11.5. The van der Waals surface area contributed by atoms with Gasteiger partial charge in [-0.1, -0.05) is 13.8 Å². The van der Waals surface area contributed by atoms with E-state index in [1.165, 1.54) is 0 Å². The van der Waals surface area contributed by atoms with Crippen LogP contribution in [0.2, 0.25) is 0 Å². The van der Waals surface area contributed by atoms with Crippen LogP contribution in [0.5, 0.6) is 0 Å². The third kappa shape index (κ3) is 7.14. The number of aromatic nitrogens is 1. The number of carbonyl (C=O) groups excluding carboxylic acids is 1. The lowest BCUT2D eigenvalue weighted by Crippen LogP contribution is -2.50. The number of amides is 1. The molecule has 170 valence electrons. The minimum absolute atomic E-state index is 0.108. The van der Waals surface area contributed by atoms with Gasteiger partial charge < -0.3 is 15.5 Å². The fourth-order valence-corrected chi connectivity index (χ4v) is 4.27. The van der Waals surface area contributed by atoms with Crippen LogP contribution < -0.4 is 10.6 Å². The molecule has 0 saturated carbocycles. The van der Waals surface area contributed by atoms with Crippen molar-refractivity contribution in [2.45, 2.75) is 65.1 Å². The lowest BCUT2D eigenvalue weighted by Gasteiger charge is -2.34. The summed E-state index contributed by atoms with van der Waals surface area (Å²) >= 11 is 1.01. The minimum atomic E-state index is -4.40. The van der Waals surface area contributed by atoms with Gasteiger partial charge in [0.05, 0.1) is 5.01 Å². The molecule has 2 heterocycles. The van der Waals surface area contributed by atoms with Gasteiger partial charge in [0.1, 0.15) is 0 Å². The number of hydrogen-bond donors (Lipinski definition) is 2. The zero-order chi connectivity index (χ0) is 22.1. The average molecular weight is 448 g/mol. The van der Waals surface area contributed by atoms with Gasteiger partial charge in [-0.2, -0.15) is 13.2 Å². The number of alkyl halides is 3. The number of nitrogens with zero attached hydrogens (tertiary/aromatic N) is 3. The topological polar surface area (TPSA) is 69.6 Å². The van der Waals surface area contributed by atoms with Gasteiger partial charge in [0.2, 0.25) is 5.91 Å². The van der Waals surface area contributed by atoms with Gasteiger partial charge in [-0.05, 0) is 32.6 Å². The highest BCUT2D eigenvalue weighted by Gasteiger charge is 2.33. The van der Waals surface area contributed by atoms with E-state index in [2.05, 4.69) is 34.5 Å². The second-order valence-electron chi connectivity index (χ2n) is 7.39. The zero-order valence-electron chi connectivity index (χ0n) is 17.9. The van der Waals surface area contributed by atoms with Crippen LogP contribution >= 0.6 is 11.3 Å². The van der Waals surface area contributed by atoms with Crippen molar-refractivity contribution in [3.63, 3.8) is 0 Å². The van der Waals surface area contributed by atoms with E-state index in [9.17, 15) is 18.0 Å². The summed E-state index contributed by atoms with van der Waals surface area (Å²) in [7, 11) is 0. The first-order chi connectivity index (χ1) is 14.3. The van der Waals surface area contributed by atoms with Crippen molar-refractivity contribution < 1.29 is 18.0 Å². The molecule has 30 heavy (non-hydrogen) atoms. The summed E-state index contributed by atoms with van der Waals surface area (Å²) in [6.07, 6.45) is -0.614. The maximum absolute atomic E-state index is 12.6. The van der Waals surface area contributed by atoms with Gasteiger partial charge in [0.25, 0.3) is 0 Å². The largest absolute Gasteiger partial charge is 0.434 e. The van der Waals surface area contributed by atoms with E-state index in [4.69, 9.17) is 0 Å². The SMILES string of the molecule is CCNC(=NCCc1nc(C(F)(F)F)cs1)NC1CCN(C(=O)C(CC)CC)CC1. The number of guanidine groups is 1. The minimum Gasteiger partial charge on any atom is -0.357 e. The molecule has 1 amide bonds. The van der Waals surface area contributed by atoms with Crippen LogP contribution in [-0.4, -0.2) is 54.0 Å². The Morgan fingerprint density at radius 1 is 1.30 bits per heavy atom. The van der Waals surface area contributed by atoms with Crippen molar-refractivity contribution >= 4 is 23.2 Å². The summed E-state index contributed by atoms with van der Waals surface area (Å²) < 4.78 is 37.9. The van der Waals surface area contributed by atoms with E-state index in [1.807, 2.05) is 11.8 Å². The fraction of sp³-hybridized carbons (Fsp3) is 0.750. The van der Waals surface area contributed by atoms with Gasteiger partial charge >= 0.3 is 6.18 Å². The third-order valence-electron chi connectivity index (χ3n) is 5.26. The molecule has 2 rings (SSSR count). The van der Waals surface area contributed by atoms with Crippen molar-refractivity contribution in [3.8, 4) is 0 Å². The molecule has 0 unspecified atom stereocenters. The number of nitrogens with one attached hydrogen (secondary N) is 2. The quantitative estimate of drug-likeness (QED) is 0.471. The van der Waals surface area contributed by atoms with Crippen molar-refractivity contribution in [3.05, 3.63) is 16.1 Å². The van der Waals surface area contributed by atoms with Gasteiger partial charge in [-0.15, -0.1) is 11.3 Å². The van der Waals surface area contributed by atoms with E-state index in [-0.39, 0.29) is 17.9 Å². The van der Waals surface area contributed by atoms with Crippen LogP contribution in [0, 0.1) is 5.92 Å². The number of carbonyl (C=O) groups is 1. The smallest absolute Gasteiger partial charge is 0.357 e. The standard InChI is InChI=1S/C20H32F3N5OS/c1-4-14(5-2)18(29)28-11-8-15(9-12-28)26-19(24-6-3)25-10-7-17-27-16(13-30-17)20(21,22)23/h13-15H,4-12H2,1-3H3,(H2,24,25,26). The van der Waals surface area contributed by atoms with Gasteiger partial charge in [-0.3, -0.25) is 9.79 Å².